The number of thiazole rings is 1. The fraction of sp³-hybridized carbons (Fsp3) is 0.400. The van der Waals surface area contributed by atoms with Gasteiger partial charge in [-0.1, -0.05) is 32.9 Å². The molecule has 2 amide bonds. The van der Waals surface area contributed by atoms with E-state index in [1.165, 1.54) is 11.1 Å². The van der Waals surface area contributed by atoms with E-state index in [1.54, 1.807) is 56.0 Å². The van der Waals surface area contributed by atoms with Crippen LogP contribution in [0.5, 0.6) is 0 Å². The average Bonchev–Trinajstić information content (AvgIpc) is 3.57. The van der Waals surface area contributed by atoms with Gasteiger partial charge in [0.05, 0.1) is 17.1 Å². The van der Waals surface area contributed by atoms with Crippen LogP contribution in [0.4, 0.5) is 20.6 Å². The van der Waals surface area contributed by atoms with Gasteiger partial charge in [-0.3, -0.25) is 9.59 Å². The van der Waals surface area contributed by atoms with Crippen molar-refractivity contribution in [3.8, 4) is 0 Å². The zero-order valence-corrected chi connectivity index (χ0v) is 28.5. The van der Waals surface area contributed by atoms with Crippen LogP contribution >= 0.6 is 11.3 Å². The van der Waals surface area contributed by atoms with Crippen molar-refractivity contribution in [2.45, 2.75) is 59.6 Å². The maximum Gasteiger partial charge on any atom is 0.410 e. The summed E-state index contributed by atoms with van der Waals surface area (Å²) < 4.78 is 22.4. The number of nitrogens with one attached hydrogen (secondary N) is 1. The number of aromatic nitrogens is 2. The third-order valence-corrected chi connectivity index (χ3v) is 10.3. The van der Waals surface area contributed by atoms with Crippen LogP contribution in [0.15, 0.2) is 53.6 Å². The quantitative estimate of drug-likeness (QED) is 0.201. The number of carboxylic acids is 1. The summed E-state index contributed by atoms with van der Waals surface area (Å²) in [6.45, 7) is 11.9. The molecule has 2 aromatic heterocycles. The van der Waals surface area contributed by atoms with Crippen molar-refractivity contribution in [2.24, 2.45) is 5.92 Å². The average molecular weight is 678 g/mol. The van der Waals surface area contributed by atoms with Gasteiger partial charge in [-0.05, 0) is 55.5 Å². The number of nitrogens with zero attached hydrogens (tertiary/aromatic N) is 4. The number of benzene rings is 2. The minimum Gasteiger partial charge on any atom is -0.477 e. The second-order valence-electron chi connectivity index (χ2n) is 12.4. The lowest BCUT2D eigenvalue weighted by molar-refractivity contribution is -0.117. The van der Waals surface area contributed by atoms with E-state index in [0.717, 1.165) is 16.6 Å². The van der Waals surface area contributed by atoms with Gasteiger partial charge in [-0.25, -0.2) is 19.0 Å². The first kappa shape index (κ1) is 34.6. The van der Waals surface area contributed by atoms with Crippen LogP contribution < -0.4 is 15.6 Å². The van der Waals surface area contributed by atoms with Gasteiger partial charge in [-0.15, -0.1) is 11.3 Å². The number of ether oxygens (including phenoxy) is 1. The van der Waals surface area contributed by atoms with Crippen LogP contribution in [0.1, 0.15) is 72.3 Å². The van der Waals surface area contributed by atoms with Crippen LogP contribution in [0.2, 0.25) is 0 Å². The molecule has 0 bridgehead atoms. The summed E-state index contributed by atoms with van der Waals surface area (Å²) in [5, 5.41) is 13.1. The molecule has 2 N–H and O–H groups in total. The summed E-state index contributed by atoms with van der Waals surface area (Å²) in [6.07, 6.45) is 2.65. The summed E-state index contributed by atoms with van der Waals surface area (Å²) in [6, 6.07) is 9.75. The van der Waals surface area contributed by atoms with E-state index in [2.05, 4.69) is 31.1 Å². The van der Waals surface area contributed by atoms with Crippen molar-refractivity contribution in [1.29, 1.82) is 0 Å². The Balaban J connectivity index is 1.13. The van der Waals surface area contributed by atoms with Crippen molar-refractivity contribution in [3.05, 3.63) is 85.8 Å². The number of halogens is 1. The number of aromatic carboxylic acids is 1. The summed E-state index contributed by atoms with van der Waals surface area (Å²) in [5.41, 5.74) is 0.964. The third-order valence-electron chi connectivity index (χ3n) is 8.94. The zero-order valence-electron chi connectivity index (χ0n) is 27.7. The van der Waals surface area contributed by atoms with Crippen LogP contribution in [-0.4, -0.2) is 63.7 Å². The van der Waals surface area contributed by atoms with Gasteiger partial charge < -0.3 is 29.5 Å². The van der Waals surface area contributed by atoms with Gasteiger partial charge >= 0.3 is 12.1 Å². The molecule has 1 saturated heterocycles. The lowest BCUT2D eigenvalue weighted by Crippen LogP contribution is -2.49. The number of anilines is 2. The summed E-state index contributed by atoms with van der Waals surface area (Å²) in [5.74, 6) is -1.68. The predicted molar refractivity (Wildman–Crippen MR) is 184 cm³/mol. The Kier molecular flexibility index (Phi) is 10.5. The monoisotopic (exact) mass is 677 g/mol. The van der Waals surface area contributed by atoms with Crippen LogP contribution in [-0.2, 0) is 22.7 Å². The van der Waals surface area contributed by atoms with Crippen LogP contribution in [0.25, 0.3) is 10.9 Å². The molecule has 3 heterocycles. The van der Waals surface area contributed by atoms with Gasteiger partial charge in [-0.2, -0.15) is 0 Å². The number of carbonyl (C=O) groups excluding carboxylic acids is 2. The highest BCUT2D eigenvalue weighted by Crippen LogP contribution is 2.32. The van der Waals surface area contributed by atoms with Crippen molar-refractivity contribution >= 4 is 51.6 Å². The first-order chi connectivity index (χ1) is 22.9. The van der Waals surface area contributed by atoms with E-state index >= 15 is 4.39 Å². The SMILES string of the molecule is CCn1cc(C(=O)O)c(=O)c2cc(F)c(N3CCN(C(=O)OCc4ccc(NC(=O)C(C)c5ncc([C@@H](C)C(C)C)s5)cc4)CC3)cc21. The fourth-order valence-corrected chi connectivity index (χ4v) is 6.70. The normalized spacial score (nSPS) is 14.6. The molecule has 1 aliphatic rings. The lowest BCUT2D eigenvalue weighted by atomic mass is 9.97. The predicted octanol–water partition coefficient (Wildman–Crippen LogP) is 6.28. The van der Waals surface area contributed by atoms with Crippen LogP contribution in [0, 0.1) is 11.7 Å². The molecular weight excluding hydrogens is 637 g/mol. The van der Waals surface area contributed by atoms with Gasteiger partial charge in [0.15, 0.2) is 0 Å². The molecular formula is C35H40FN5O6S. The van der Waals surface area contributed by atoms with E-state index in [4.69, 9.17) is 4.74 Å². The van der Waals surface area contributed by atoms with E-state index in [0.29, 0.717) is 55.8 Å². The Bertz CT molecular complexity index is 1880. The number of aryl methyl sites for hydroxylation is 1. The molecule has 1 unspecified atom stereocenters. The third kappa shape index (κ3) is 7.35. The largest absolute Gasteiger partial charge is 0.477 e. The molecule has 48 heavy (non-hydrogen) atoms. The van der Waals surface area contributed by atoms with E-state index in [-0.39, 0.29) is 23.6 Å². The number of piperazine rings is 1. The minimum absolute atomic E-state index is 0.00572. The minimum atomic E-state index is -1.36. The van der Waals surface area contributed by atoms with Gasteiger partial charge in [0.25, 0.3) is 0 Å². The molecule has 0 saturated carbocycles. The first-order valence-electron chi connectivity index (χ1n) is 16.0. The van der Waals surface area contributed by atoms with E-state index in [9.17, 15) is 24.3 Å². The molecule has 5 rings (SSSR count). The molecule has 0 spiro atoms. The summed E-state index contributed by atoms with van der Waals surface area (Å²) in [7, 11) is 0. The first-order valence-corrected chi connectivity index (χ1v) is 16.8. The second kappa shape index (κ2) is 14.5. The highest BCUT2D eigenvalue weighted by atomic mass is 32.1. The number of rotatable bonds is 10. The molecule has 1 aliphatic heterocycles. The molecule has 2 aromatic carbocycles. The van der Waals surface area contributed by atoms with Crippen molar-refractivity contribution < 1.29 is 28.6 Å². The smallest absolute Gasteiger partial charge is 0.410 e. The number of fused-ring (bicyclic) bond motifs is 1. The van der Waals surface area contributed by atoms with Crippen molar-refractivity contribution in [2.75, 3.05) is 36.4 Å². The highest BCUT2D eigenvalue weighted by molar-refractivity contribution is 7.11. The number of carboxylic acid groups (broad SMARTS) is 1. The lowest BCUT2D eigenvalue weighted by Gasteiger charge is -2.35. The van der Waals surface area contributed by atoms with E-state index in [1.807, 2.05) is 20.0 Å². The van der Waals surface area contributed by atoms with Gasteiger partial charge in [0.1, 0.15) is 23.0 Å². The zero-order chi connectivity index (χ0) is 34.7. The maximum absolute atomic E-state index is 15.2. The summed E-state index contributed by atoms with van der Waals surface area (Å²) >= 11 is 1.57. The Morgan fingerprint density at radius 2 is 1.75 bits per heavy atom. The van der Waals surface area contributed by atoms with Crippen molar-refractivity contribution in [1.82, 2.24) is 14.5 Å². The maximum atomic E-state index is 15.2. The molecule has 2 atom stereocenters. The number of hydrogen-bond donors (Lipinski definition) is 2. The molecule has 1 fully saturated rings. The number of pyridine rings is 1. The van der Waals surface area contributed by atoms with E-state index < -0.39 is 34.8 Å². The topological polar surface area (TPSA) is 134 Å². The second-order valence-corrected chi connectivity index (χ2v) is 13.4. The Hall–Kier alpha value is -4.78. The molecule has 254 valence electrons. The van der Waals surface area contributed by atoms with Crippen LogP contribution in [0.3, 0.4) is 0 Å². The molecule has 11 nitrogen and oxygen atoms in total. The highest BCUT2D eigenvalue weighted by Gasteiger charge is 2.26. The Morgan fingerprint density at radius 3 is 2.38 bits per heavy atom. The van der Waals surface area contributed by atoms with Crippen molar-refractivity contribution in [3.63, 3.8) is 0 Å². The fourth-order valence-electron chi connectivity index (χ4n) is 5.51. The Morgan fingerprint density at radius 1 is 1.06 bits per heavy atom. The standard InChI is InChI=1S/C35H40FN5O6S/c1-6-39-18-26(34(44)45)31(42)25-15-27(36)29(16-28(25)39)40-11-13-41(14-12-40)35(46)47-19-23-7-9-24(10-8-23)38-32(43)22(5)33-37-17-30(48-33)21(4)20(2)3/h7-10,15-18,20-22H,6,11-14,19H2,1-5H3,(H,38,43)(H,44,45)/t21-,22?/m0/s1. The Labute approximate surface area is 282 Å². The van der Waals surface area contributed by atoms with Gasteiger partial charge in [0, 0.05) is 61.1 Å². The molecule has 0 radical (unpaired) electrons. The van der Waals surface area contributed by atoms with Gasteiger partial charge in [0.2, 0.25) is 11.3 Å². The molecule has 4 aromatic rings. The number of carbonyl (C=O) groups is 3. The summed E-state index contributed by atoms with van der Waals surface area (Å²) in [4.78, 5) is 58.9. The molecule has 13 heteroatoms. The number of amides is 2. The number of hydrogen-bond acceptors (Lipinski definition) is 8. The molecule has 0 aliphatic carbocycles.